The first kappa shape index (κ1) is 16.1. The van der Waals surface area contributed by atoms with Gasteiger partial charge in [0.1, 0.15) is 0 Å². The third-order valence-electron chi connectivity index (χ3n) is 4.29. The van der Waals surface area contributed by atoms with Crippen LogP contribution in [0.25, 0.3) is 11.2 Å². The summed E-state index contributed by atoms with van der Waals surface area (Å²) in [7, 11) is 0. The van der Waals surface area contributed by atoms with Crippen LogP contribution in [-0.2, 0) is 13.1 Å². The predicted molar refractivity (Wildman–Crippen MR) is 101 cm³/mol. The van der Waals surface area contributed by atoms with Gasteiger partial charge in [0, 0.05) is 5.69 Å². The minimum Gasteiger partial charge on any atom is -0.312 e. The number of aryl methyl sites for hydroxylation is 1. The Morgan fingerprint density at radius 3 is 2.46 bits per heavy atom. The van der Waals surface area contributed by atoms with Crippen molar-refractivity contribution in [2.75, 3.05) is 5.32 Å². The average Bonchev–Trinajstić information content (AvgIpc) is 3.01. The lowest BCUT2D eigenvalue weighted by molar-refractivity contribution is -0.670. The summed E-state index contributed by atoms with van der Waals surface area (Å²) in [5, 5.41) is 3.16. The van der Waals surface area contributed by atoms with Gasteiger partial charge in [0.25, 0.3) is 11.5 Å². The second-order valence-electron chi connectivity index (χ2n) is 6.09. The van der Waals surface area contributed by atoms with E-state index in [2.05, 4.69) is 27.4 Å². The number of nitrogens with zero attached hydrogens (tertiary/aromatic N) is 3. The fourth-order valence-electron chi connectivity index (χ4n) is 3.04. The lowest BCUT2D eigenvalue weighted by Crippen LogP contribution is -2.32. The van der Waals surface area contributed by atoms with Crippen LogP contribution in [0.3, 0.4) is 0 Å². The van der Waals surface area contributed by atoms with Gasteiger partial charge in [-0.15, -0.1) is 0 Å². The van der Waals surface area contributed by atoms with Crippen molar-refractivity contribution in [3.05, 3.63) is 82.9 Å². The molecule has 0 aliphatic heterocycles. The third-order valence-corrected chi connectivity index (χ3v) is 4.29. The highest BCUT2D eigenvalue weighted by Gasteiger charge is 2.21. The van der Waals surface area contributed by atoms with Crippen molar-refractivity contribution in [2.24, 2.45) is 0 Å². The zero-order chi connectivity index (χ0) is 17.9. The summed E-state index contributed by atoms with van der Waals surface area (Å²) in [6.45, 7) is 3.40. The maximum Gasteiger partial charge on any atom is 0.311 e. The van der Waals surface area contributed by atoms with Crippen molar-refractivity contribution in [3.8, 4) is 0 Å². The average molecular weight is 346 g/mol. The first-order valence-corrected chi connectivity index (χ1v) is 8.63. The van der Waals surface area contributed by atoms with Crippen molar-refractivity contribution in [3.63, 3.8) is 0 Å². The van der Waals surface area contributed by atoms with Gasteiger partial charge in [0.15, 0.2) is 6.33 Å². The summed E-state index contributed by atoms with van der Waals surface area (Å²) in [4.78, 5) is 20.3. The molecule has 0 aliphatic rings. The number of anilines is 2. The molecule has 6 heteroatoms. The molecule has 4 rings (SSSR count). The molecule has 2 N–H and O–H groups in total. The van der Waals surface area contributed by atoms with Crippen molar-refractivity contribution in [1.29, 1.82) is 0 Å². The number of para-hydroxylation sites is 1. The number of hydrogen-bond acceptors (Lipinski definition) is 3. The van der Waals surface area contributed by atoms with Gasteiger partial charge < -0.3 is 5.32 Å². The second kappa shape index (κ2) is 6.84. The molecule has 0 radical (unpaired) electrons. The number of benzene rings is 2. The largest absolute Gasteiger partial charge is 0.312 e. The van der Waals surface area contributed by atoms with E-state index in [0.29, 0.717) is 23.7 Å². The van der Waals surface area contributed by atoms with Gasteiger partial charge in [-0.2, -0.15) is 0 Å². The van der Waals surface area contributed by atoms with Crippen LogP contribution in [0.2, 0.25) is 0 Å². The topological polar surface area (TPSA) is 66.6 Å². The summed E-state index contributed by atoms with van der Waals surface area (Å²) in [6.07, 6.45) is 1.95. The molecular weight excluding hydrogens is 326 g/mol. The fraction of sp³-hybridized carbons (Fsp3) is 0.150. The molecule has 2 aromatic carbocycles. The molecule has 0 aliphatic carbocycles. The highest BCUT2D eigenvalue weighted by molar-refractivity contribution is 5.69. The summed E-state index contributed by atoms with van der Waals surface area (Å²) in [5.74, 6) is 0.438. The molecule has 2 heterocycles. The molecule has 2 aromatic heterocycles. The minimum absolute atomic E-state index is 0.156. The molecule has 0 unspecified atom stereocenters. The SMILES string of the molecule is CC[n+]1cn(Cc2ccccc2)c2c(=O)[nH]c(Nc3ccccc3)nc21. The van der Waals surface area contributed by atoms with Crippen LogP contribution in [0, 0.1) is 0 Å². The van der Waals surface area contributed by atoms with E-state index >= 15 is 0 Å². The van der Waals surface area contributed by atoms with Crippen molar-refractivity contribution >= 4 is 22.8 Å². The van der Waals surface area contributed by atoms with Crippen molar-refractivity contribution in [2.45, 2.75) is 20.0 Å². The van der Waals surface area contributed by atoms with Crippen LogP contribution >= 0.6 is 0 Å². The van der Waals surface area contributed by atoms with E-state index in [4.69, 9.17) is 0 Å². The van der Waals surface area contributed by atoms with Gasteiger partial charge >= 0.3 is 5.65 Å². The molecule has 0 amide bonds. The van der Waals surface area contributed by atoms with E-state index in [1.165, 1.54) is 0 Å². The Kier molecular flexibility index (Phi) is 4.23. The smallest absolute Gasteiger partial charge is 0.311 e. The standard InChI is InChI=1S/C20H19N5O/c1-2-24-14-25(13-15-9-5-3-6-10-15)17-18(24)22-20(23-19(17)26)21-16-11-7-4-8-12-16/h3-12,14H,2,13H2,1H3,(H-,21,22,23,26)/p+1. The van der Waals surface area contributed by atoms with Crippen LogP contribution in [0.4, 0.5) is 11.6 Å². The molecule has 130 valence electrons. The van der Waals surface area contributed by atoms with E-state index in [-0.39, 0.29) is 5.56 Å². The van der Waals surface area contributed by atoms with Crippen LogP contribution in [0.15, 0.2) is 71.8 Å². The molecule has 26 heavy (non-hydrogen) atoms. The van der Waals surface area contributed by atoms with E-state index in [0.717, 1.165) is 17.8 Å². The fourth-order valence-corrected chi connectivity index (χ4v) is 3.04. The Hall–Kier alpha value is -3.41. The number of aromatic nitrogens is 4. The Balaban J connectivity index is 1.78. The highest BCUT2D eigenvalue weighted by atomic mass is 16.1. The summed E-state index contributed by atoms with van der Waals surface area (Å²) < 4.78 is 3.94. The van der Waals surface area contributed by atoms with E-state index in [9.17, 15) is 4.79 Å². The predicted octanol–water partition coefficient (Wildman–Crippen LogP) is 2.82. The number of H-pyrrole nitrogens is 1. The van der Waals surface area contributed by atoms with Crippen molar-refractivity contribution < 1.29 is 4.57 Å². The molecule has 0 spiro atoms. The molecule has 4 aromatic rings. The number of rotatable bonds is 5. The van der Waals surface area contributed by atoms with Gasteiger partial charge in [0.05, 0.1) is 13.1 Å². The Labute approximate surface area is 150 Å². The first-order chi connectivity index (χ1) is 12.7. The number of imidazole rings is 1. The third kappa shape index (κ3) is 3.09. The molecule has 6 nitrogen and oxygen atoms in total. The van der Waals surface area contributed by atoms with Crippen LogP contribution in [-0.4, -0.2) is 14.5 Å². The highest BCUT2D eigenvalue weighted by Crippen LogP contribution is 2.14. The Morgan fingerprint density at radius 1 is 1.08 bits per heavy atom. The Bertz CT molecular complexity index is 1080. The van der Waals surface area contributed by atoms with Gasteiger partial charge in [-0.05, 0) is 24.6 Å². The summed E-state index contributed by atoms with van der Waals surface area (Å²) in [5.41, 5.74) is 3.11. The minimum atomic E-state index is -0.156. The number of fused-ring (bicyclic) bond motifs is 1. The molecule has 0 atom stereocenters. The van der Waals surface area contributed by atoms with Gasteiger partial charge in [0.2, 0.25) is 5.52 Å². The van der Waals surface area contributed by atoms with Gasteiger partial charge in [-0.1, -0.05) is 53.5 Å². The summed E-state index contributed by atoms with van der Waals surface area (Å²) in [6, 6.07) is 19.8. The first-order valence-electron chi connectivity index (χ1n) is 8.63. The van der Waals surface area contributed by atoms with E-state index in [1.54, 1.807) is 0 Å². The summed E-state index contributed by atoms with van der Waals surface area (Å²) >= 11 is 0. The lowest BCUT2D eigenvalue weighted by atomic mass is 10.2. The zero-order valence-electron chi connectivity index (χ0n) is 14.5. The quantitative estimate of drug-likeness (QED) is 0.546. The number of hydrogen-bond donors (Lipinski definition) is 2. The van der Waals surface area contributed by atoms with Crippen LogP contribution in [0.5, 0.6) is 0 Å². The van der Waals surface area contributed by atoms with Crippen LogP contribution < -0.4 is 15.4 Å². The lowest BCUT2D eigenvalue weighted by Gasteiger charge is -2.02. The Morgan fingerprint density at radius 2 is 1.77 bits per heavy atom. The van der Waals surface area contributed by atoms with Crippen LogP contribution in [0.1, 0.15) is 12.5 Å². The molecule has 0 saturated carbocycles. The normalized spacial score (nSPS) is 11.0. The van der Waals surface area contributed by atoms with Gasteiger partial charge in [-0.3, -0.25) is 14.3 Å². The molecular formula is C20H20N5O+. The number of nitrogens with one attached hydrogen (secondary N) is 2. The molecule has 0 bridgehead atoms. The molecule has 0 saturated heterocycles. The maximum absolute atomic E-state index is 12.8. The van der Waals surface area contributed by atoms with E-state index < -0.39 is 0 Å². The van der Waals surface area contributed by atoms with Crippen molar-refractivity contribution in [1.82, 2.24) is 14.5 Å². The number of aromatic amines is 1. The maximum atomic E-state index is 12.8. The van der Waals surface area contributed by atoms with Gasteiger partial charge in [-0.25, -0.2) is 4.57 Å². The zero-order valence-corrected chi connectivity index (χ0v) is 14.5. The van der Waals surface area contributed by atoms with E-state index in [1.807, 2.05) is 70.9 Å². The second-order valence-corrected chi connectivity index (χ2v) is 6.09. The molecule has 0 fully saturated rings. The monoisotopic (exact) mass is 346 g/mol.